The number of hydrogen-bond donors (Lipinski definition) is 1. The number of likely N-dealkylation sites (N-methyl/N-ethyl adjacent to an activating group) is 1. The van der Waals surface area contributed by atoms with Gasteiger partial charge < -0.3 is 19.4 Å². The zero-order valence-corrected chi connectivity index (χ0v) is 16.4. The predicted octanol–water partition coefficient (Wildman–Crippen LogP) is 3.62. The molecule has 2 aromatic rings. The largest absolute Gasteiger partial charge is 0.462 e. The maximum absolute atomic E-state index is 11.6. The van der Waals surface area contributed by atoms with Crippen molar-refractivity contribution in [2.24, 2.45) is 0 Å². The summed E-state index contributed by atoms with van der Waals surface area (Å²) < 4.78 is 10.8. The Labute approximate surface area is 161 Å². The molecule has 1 aromatic carbocycles. The number of carbonyl (C=O) groups excluding carboxylic acids is 1. The van der Waals surface area contributed by atoms with Crippen molar-refractivity contribution in [1.82, 2.24) is 10.2 Å². The summed E-state index contributed by atoms with van der Waals surface area (Å²) in [6.07, 6.45) is 0. The van der Waals surface area contributed by atoms with Gasteiger partial charge in [-0.1, -0.05) is 12.1 Å². The predicted molar refractivity (Wildman–Crippen MR) is 105 cm³/mol. The van der Waals surface area contributed by atoms with Crippen LogP contribution in [0.1, 0.15) is 23.0 Å². The molecule has 0 aliphatic rings. The Morgan fingerprint density at radius 2 is 1.80 bits per heavy atom. The fourth-order valence-corrected chi connectivity index (χ4v) is 2.13. The number of furan rings is 1. The smallest absolute Gasteiger partial charge is 0.338 e. The molecule has 1 heterocycles. The highest BCUT2D eigenvalue weighted by Gasteiger charge is 2.08. The van der Waals surface area contributed by atoms with Crippen molar-refractivity contribution in [3.05, 3.63) is 47.7 Å². The third-order valence-electron chi connectivity index (χ3n) is 3.38. The van der Waals surface area contributed by atoms with E-state index < -0.39 is 0 Å². The summed E-state index contributed by atoms with van der Waals surface area (Å²) >= 11 is 0. The number of benzene rings is 1. The van der Waals surface area contributed by atoms with Crippen LogP contribution in [-0.4, -0.2) is 44.7 Å². The Bertz CT molecular complexity index is 628. The molecule has 0 aliphatic heterocycles. The summed E-state index contributed by atoms with van der Waals surface area (Å²) in [6, 6.07) is 11.2. The molecule has 0 spiro atoms. The number of ether oxygens (including phenoxy) is 1. The van der Waals surface area contributed by atoms with Crippen LogP contribution in [0.5, 0.6) is 0 Å². The molecule has 0 saturated heterocycles. The zero-order chi connectivity index (χ0) is 16.7. The van der Waals surface area contributed by atoms with E-state index in [4.69, 9.17) is 9.15 Å². The Hall–Kier alpha value is -1.53. The number of nitrogens with zero attached hydrogens (tertiary/aromatic N) is 1. The molecule has 5 nitrogen and oxygen atoms in total. The van der Waals surface area contributed by atoms with E-state index in [1.54, 1.807) is 19.1 Å². The Morgan fingerprint density at radius 3 is 2.40 bits per heavy atom. The van der Waals surface area contributed by atoms with E-state index in [1.807, 2.05) is 38.4 Å². The van der Waals surface area contributed by atoms with E-state index in [0.29, 0.717) is 18.7 Å². The maximum Gasteiger partial charge on any atom is 0.338 e. The highest BCUT2D eigenvalue weighted by atomic mass is 35.5. The van der Waals surface area contributed by atoms with Crippen molar-refractivity contribution in [3.8, 4) is 11.3 Å². The van der Waals surface area contributed by atoms with Crippen LogP contribution in [0.25, 0.3) is 11.3 Å². The summed E-state index contributed by atoms with van der Waals surface area (Å²) in [4.78, 5) is 13.8. The lowest BCUT2D eigenvalue weighted by Gasteiger charge is -2.09. The van der Waals surface area contributed by atoms with Gasteiger partial charge in [-0.25, -0.2) is 4.79 Å². The third kappa shape index (κ3) is 7.48. The number of hydrogen-bond acceptors (Lipinski definition) is 5. The standard InChI is InChI=1S/C18H24N2O3.2ClH/c1-4-22-18(21)15-7-5-14(6-8-15)17-10-9-16(23-17)13-19-11-12-20(2)3;;/h5-10,19H,4,11-13H2,1-3H3;2*1H. The monoisotopic (exact) mass is 388 g/mol. The van der Waals surface area contributed by atoms with Gasteiger partial charge in [-0.2, -0.15) is 0 Å². The minimum absolute atomic E-state index is 0. The van der Waals surface area contributed by atoms with E-state index in [1.165, 1.54) is 0 Å². The molecule has 0 fully saturated rings. The number of esters is 1. The van der Waals surface area contributed by atoms with Crippen molar-refractivity contribution < 1.29 is 13.9 Å². The van der Waals surface area contributed by atoms with Gasteiger partial charge in [0.25, 0.3) is 0 Å². The molecule has 0 amide bonds. The minimum atomic E-state index is -0.302. The molecule has 2 rings (SSSR count). The molecule has 0 radical (unpaired) electrons. The second kappa shape index (κ2) is 11.9. The van der Waals surface area contributed by atoms with E-state index in [-0.39, 0.29) is 30.8 Å². The van der Waals surface area contributed by atoms with Gasteiger partial charge >= 0.3 is 5.97 Å². The Balaban J connectivity index is 0.00000288. The topological polar surface area (TPSA) is 54.7 Å². The van der Waals surface area contributed by atoms with Crippen molar-refractivity contribution in [2.75, 3.05) is 33.8 Å². The molecule has 7 heteroatoms. The molecule has 0 saturated carbocycles. The van der Waals surface area contributed by atoms with E-state index in [9.17, 15) is 4.79 Å². The van der Waals surface area contributed by atoms with Gasteiger partial charge in [-0.05, 0) is 45.3 Å². The summed E-state index contributed by atoms with van der Waals surface area (Å²) in [5, 5.41) is 3.34. The number of rotatable bonds is 8. The van der Waals surface area contributed by atoms with Gasteiger partial charge in [0, 0.05) is 18.7 Å². The molecule has 0 atom stereocenters. The average molecular weight is 389 g/mol. The van der Waals surface area contributed by atoms with Gasteiger partial charge in [0.1, 0.15) is 11.5 Å². The van der Waals surface area contributed by atoms with Crippen LogP contribution in [0, 0.1) is 0 Å². The summed E-state index contributed by atoms with van der Waals surface area (Å²) in [7, 11) is 4.10. The normalized spacial score (nSPS) is 10.1. The van der Waals surface area contributed by atoms with Crippen LogP contribution in [0.3, 0.4) is 0 Å². The lowest BCUT2D eigenvalue weighted by molar-refractivity contribution is 0.0526. The van der Waals surface area contributed by atoms with Gasteiger partial charge in [0.15, 0.2) is 0 Å². The number of halogens is 2. The molecule has 0 bridgehead atoms. The van der Waals surface area contributed by atoms with Crippen LogP contribution < -0.4 is 5.32 Å². The Kier molecular flexibility index (Phi) is 11.2. The summed E-state index contributed by atoms with van der Waals surface area (Å²) in [5.41, 5.74) is 1.49. The molecule has 0 unspecified atom stereocenters. The van der Waals surface area contributed by atoms with Crippen molar-refractivity contribution in [2.45, 2.75) is 13.5 Å². The van der Waals surface area contributed by atoms with Crippen molar-refractivity contribution in [1.29, 1.82) is 0 Å². The highest BCUT2D eigenvalue weighted by Crippen LogP contribution is 2.22. The fourth-order valence-electron chi connectivity index (χ4n) is 2.13. The van der Waals surface area contributed by atoms with Gasteiger partial charge in [0.05, 0.1) is 18.7 Å². The molecule has 1 aromatic heterocycles. The molecule has 25 heavy (non-hydrogen) atoms. The lowest BCUT2D eigenvalue weighted by atomic mass is 10.1. The van der Waals surface area contributed by atoms with Crippen LogP contribution in [0.15, 0.2) is 40.8 Å². The van der Waals surface area contributed by atoms with E-state index >= 15 is 0 Å². The van der Waals surface area contributed by atoms with E-state index in [0.717, 1.165) is 30.2 Å². The third-order valence-corrected chi connectivity index (χ3v) is 3.38. The van der Waals surface area contributed by atoms with E-state index in [2.05, 4.69) is 10.2 Å². The van der Waals surface area contributed by atoms with Gasteiger partial charge in [-0.3, -0.25) is 0 Å². The maximum atomic E-state index is 11.6. The van der Waals surface area contributed by atoms with Crippen molar-refractivity contribution >= 4 is 30.8 Å². The second-order valence-electron chi connectivity index (χ2n) is 5.54. The molecule has 140 valence electrons. The fraction of sp³-hybridized carbons (Fsp3) is 0.389. The SMILES string of the molecule is CCOC(=O)c1ccc(-c2ccc(CNCCN(C)C)o2)cc1.Cl.Cl. The second-order valence-corrected chi connectivity index (χ2v) is 5.54. The minimum Gasteiger partial charge on any atom is -0.462 e. The van der Waals surface area contributed by atoms with Crippen LogP contribution in [0.2, 0.25) is 0 Å². The number of carbonyl (C=O) groups is 1. The number of nitrogens with one attached hydrogen (secondary N) is 1. The average Bonchev–Trinajstić information content (AvgIpc) is 3.01. The molecular formula is C18H26Cl2N2O3. The van der Waals surface area contributed by atoms with Crippen LogP contribution >= 0.6 is 24.8 Å². The van der Waals surface area contributed by atoms with Crippen molar-refractivity contribution in [3.63, 3.8) is 0 Å². The first-order valence-corrected chi connectivity index (χ1v) is 7.82. The zero-order valence-electron chi connectivity index (χ0n) is 14.8. The quantitative estimate of drug-likeness (QED) is 0.552. The first-order chi connectivity index (χ1) is 11.1. The summed E-state index contributed by atoms with van der Waals surface area (Å²) in [6.45, 7) is 4.78. The first kappa shape index (κ1) is 23.5. The molecule has 1 N–H and O–H groups in total. The molecular weight excluding hydrogens is 363 g/mol. The Morgan fingerprint density at radius 1 is 1.12 bits per heavy atom. The van der Waals surface area contributed by atoms with Crippen LogP contribution in [0.4, 0.5) is 0 Å². The van der Waals surface area contributed by atoms with Crippen LogP contribution in [-0.2, 0) is 11.3 Å². The first-order valence-electron chi connectivity index (χ1n) is 7.82. The van der Waals surface area contributed by atoms with Gasteiger partial charge in [0.2, 0.25) is 0 Å². The lowest BCUT2D eigenvalue weighted by Crippen LogP contribution is -2.25. The highest BCUT2D eigenvalue weighted by molar-refractivity contribution is 5.89. The summed E-state index contributed by atoms with van der Waals surface area (Å²) in [5.74, 6) is 1.39. The van der Waals surface area contributed by atoms with Gasteiger partial charge in [-0.15, -0.1) is 24.8 Å². The molecule has 0 aliphatic carbocycles.